The highest BCUT2D eigenvalue weighted by Gasteiger charge is 2.20. The van der Waals surface area contributed by atoms with E-state index in [4.69, 9.17) is 15.6 Å². The second-order valence-corrected chi connectivity index (χ2v) is 9.30. The number of ether oxygens (including phenoxy) is 1. The maximum Gasteiger partial charge on any atom is 0.407 e. The van der Waals surface area contributed by atoms with E-state index in [1.165, 1.54) is 0 Å². The van der Waals surface area contributed by atoms with E-state index in [-0.39, 0.29) is 5.41 Å². The molecule has 3 N–H and O–H groups in total. The van der Waals surface area contributed by atoms with E-state index in [0.717, 1.165) is 27.7 Å². The topological polar surface area (TPSA) is 82.2 Å². The molecule has 0 atom stereocenters. The standard InChI is InChI=1S/C23H30N4O2/c1-22(2,3)19-13-20(24)27(26-19)17-11-15-9-7-8-10-18(15)16(12-17)14-25-21(28)29-23(4,5)6/h7-13H,14,24H2,1-6H3,(H,25,28). The van der Waals surface area contributed by atoms with Crippen LogP contribution in [0.1, 0.15) is 52.8 Å². The lowest BCUT2D eigenvalue weighted by atomic mass is 9.92. The van der Waals surface area contributed by atoms with E-state index >= 15 is 0 Å². The SMILES string of the molecule is CC(C)(C)OC(=O)NCc1cc(-n2nc(C(C)(C)C)cc2N)cc2ccccc12. The molecular weight excluding hydrogens is 364 g/mol. The van der Waals surface area contributed by atoms with Crippen LogP contribution in [0.15, 0.2) is 42.5 Å². The number of nitrogens with two attached hydrogens (primary N) is 1. The van der Waals surface area contributed by atoms with Gasteiger partial charge >= 0.3 is 6.09 Å². The molecule has 0 unspecified atom stereocenters. The van der Waals surface area contributed by atoms with Crippen molar-refractivity contribution in [1.29, 1.82) is 0 Å². The van der Waals surface area contributed by atoms with Crippen molar-refractivity contribution >= 4 is 22.7 Å². The highest BCUT2D eigenvalue weighted by Crippen LogP contribution is 2.28. The second-order valence-electron chi connectivity index (χ2n) is 9.30. The van der Waals surface area contributed by atoms with Gasteiger partial charge in [-0.3, -0.25) is 0 Å². The molecule has 0 saturated carbocycles. The Morgan fingerprint density at radius 3 is 2.41 bits per heavy atom. The van der Waals surface area contributed by atoms with Gasteiger partial charge in [0.05, 0.1) is 11.4 Å². The number of nitrogens with one attached hydrogen (secondary N) is 1. The molecule has 154 valence electrons. The smallest absolute Gasteiger partial charge is 0.407 e. The molecule has 0 fully saturated rings. The van der Waals surface area contributed by atoms with Crippen molar-refractivity contribution in [3.05, 3.63) is 53.7 Å². The first-order chi connectivity index (χ1) is 13.4. The number of rotatable bonds is 3. The molecule has 2 aromatic carbocycles. The van der Waals surface area contributed by atoms with Gasteiger partial charge in [-0.25, -0.2) is 9.48 Å². The Labute approximate surface area is 172 Å². The molecule has 3 aromatic rings. The molecule has 1 heterocycles. The zero-order valence-electron chi connectivity index (χ0n) is 18.0. The van der Waals surface area contributed by atoms with Crippen molar-refractivity contribution in [3.8, 4) is 5.69 Å². The Morgan fingerprint density at radius 1 is 1.10 bits per heavy atom. The molecule has 0 aliphatic rings. The number of alkyl carbamates (subject to hydrolysis) is 1. The van der Waals surface area contributed by atoms with Crippen molar-refractivity contribution < 1.29 is 9.53 Å². The number of hydrogen-bond acceptors (Lipinski definition) is 4. The maximum absolute atomic E-state index is 12.1. The summed E-state index contributed by atoms with van der Waals surface area (Å²) in [7, 11) is 0. The molecule has 0 aliphatic carbocycles. The highest BCUT2D eigenvalue weighted by molar-refractivity contribution is 5.88. The number of hydrogen-bond donors (Lipinski definition) is 2. The number of nitrogens with zero attached hydrogens (tertiary/aromatic N) is 2. The highest BCUT2D eigenvalue weighted by atomic mass is 16.6. The average Bonchev–Trinajstić information content (AvgIpc) is 3.00. The van der Waals surface area contributed by atoms with Crippen molar-refractivity contribution in [2.45, 2.75) is 59.1 Å². The van der Waals surface area contributed by atoms with Gasteiger partial charge in [0.25, 0.3) is 0 Å². The van der Waals surface area contributed by atoms with Crippen LogP contribution in [-0.2, 0) is 16.7 Å². The van der Waals surface area contributed by atoms with E-state index in [9.17, 15) is 4.79 Å². The molecule has 6 heteroatoms. The minimum atomic E-state index is -0.541. The molecule has 3 rings (SSSR count). The van der Waals surface area contributed by atoms with Crippen LogP contribution in [0.2, 0.25) is 0 Å². The zero-order valence-corrected chi connectivity index (χ0v) is 18.0. The molecule has 0 aliphatic heterocycles. The summed E-state index contributed by atoms with van der Waals surface area (Å²) in [6, 6.07) is 14.0. The van der Waals surface area contributed by atoms with Crippen LogP contribution < -0.4 is 11.1 Å². The normalized spacial score (nSPS) is 12.2. The van der Waals surface area contributed by atoms with Crippen LogP contribution in [-0.4, -0.2) is 21.5 Å². The third kappa shape index (κ3) is 4.88. The average molecular weight is 395 g/mol. The lowest BCUT2D eigenvalue weighted by molar-refractivity contribution is 0.0524. The van der Waals surface area contributed by atoms with Gasteiger partial charge in [0.15, 0.2) is 0 Å². The fraction of sp³-hybridized carbons (Fsp3) is 0.391. The van der Waals surface area contributed by atoms with E-state index in [0.29, 0.717) is 12.4 Å². The van der Waals surface area contributed by atoms with E-state index < -0.39 is 11.7 Å². The first-order valence-electron chi connectivity index (χ1n) is 9.79. The predicted molar refractivity (Wildman–Crippen MR) is 117 cm³/mol. The Bertz CT molecular complexity index is 1040. The van der Waals surface area contributed by atoms with E-state index in [1.807, 2.05) is 57.2 Å². The molecule has 6 nitrogen and oxygen atoms in total. The van der Waals surface area contributed by atoms with Crippen molar-refractivity contribution in [3.63, 3.8) is 0 Å². The first kappa shape index (κ1) is 20.7. The maximum atomic E-state index is 12.1. The summed E-state index contributed by atoms with van der Waals surface area (Å²) in [5.41, 5.74) is 8.38. The molecule has 0 saturated heterocycles. The molecule has 1 aromatic heterocycles. The molecule has 0 bridgehead atoms. The third-order valence-electron chi connectivity index (χ3n) is 4.50. The number of aromatic nitrogens is 2. The van der Waals surface area contributed by atoms with Gasteiger partial charge in [-0.15, -0.1) is 0 Å². The van der Waals surface area contributed by atoms with Gasteiger partial charge in [0.2, 0.25) is 0 Å². The fourth-order valence-corrected chi connectivity index (χ4v) is 3.09. The Balaban J connectivity index is 1.99. The lowest BCUT2D eigenvalue weighted by Gasteiger charge is -2.20. The number of benzene rings is 2. The molecular formula is C23H30N4O2. The quantitative estimate of drug-likeness (QED) is 0.660. The number of fused-ring (bicyclic) bond motifs is 1. The van der Waals surface area contributed by atoms with Crippen LogP contribution in [0.4, 0.5) is 10.6 Å². The Kier molecular flexibility index (Phi) is 5.30. The van der Waals surface area contributed by atoms with Crippen LogP contribution in [0.25, 0.3) is 16.5 Å². The zero-order chi connectivity index (χ0) is 21.4. The second kappa shape index (κ2) is 7.43. The number of nitrogen functional groups attached to an aromatic ring is 1. The summed E-state index contributed by atoms with van der Waals surface area (Å²) in [6.45, 7) is 12.2. The summed E-state index contributed by atoms with van der Waals surface area (Å²) < 4.78 is 7.11. The van der Waals surface area contributed by atoms with Gasteiger partial charge in [-0.1, -0.05) is 45.0 Å². The predicted octanol–water partition coefficient (Wildman–Crippen LogP) is 4.93. The van der Waals surface area contributed by atoms with Crippen LogP contribution >= 0.6 is 0 Å². The van der Waals surface area contributed by atoms with Crippen molar-refractivity contribution in [1.82, 2.24) is 15.1 Å². The summed E-state index contributed by atoms with van der Waals surface area (Å²) in [5, 5.41) is 9.69. The van der Waals surface area contributed by atoms with E-state index in [2.05, 4.69) is 32.2 Å². The molecule has 0 spiro atoms. The minimum absolute atomic E-state index is 0.0999. The molecule has 29 heavy (non-hydrogen) atoms. The van der Waals surface area contributed by atoms with Crippen LogP contribution in [0.3, 0.4) is 0 Å². The number of amides is 1. The number of carbonyl (C=O) groups is 1. The Morgan fingerprint density at radius 2 is 1.79 bits per heavy atom. The minimum Gasteiger partial charge on any atom is -0.444 e. The summed E-state index contributed by atoms with van der Waals surface area (Å²) >= 11 is 0. The fourth-order valence-electron chi connectivity index (χ4n) is 3.09. The largest absolute Gasteiger partial charge is 0.444 e. The summed E-state index contributed by atoms with van der Waals surface area (Å²) in [4.78, 5) is 12.1. The van der Waals surface area contributed by atoms with E-state index in [1.54, 1.807) is 4.68 Å². The third-order valence-corrected chi connectivity index (χ3v) is 4.50. The van der Waals surface area contributed by atoms with Gasteiger partial charge in [-0.2, -0.15) is 5.10 Å². The monoisotopic (exact) mass is 394 g/mol. The van der Waals surface area contributed by atoms with Gasteiger partial charge in [0.1, 0.15) is 11.4 Å². The lowest BCUT2D eigenvalue weighted by Crippen LogP contribution is -2.32. The molecule has 1 amide bonds. The summed E-state index contributed by atoms with van der Waals surface area (Å²) in [6.07, 6.45) is -0.444. The van der Waals surface area contributed by atoms with Gasteiger partial charge < -0.3 is 15.8 Å². The van der Waals surface area contributed by atoms with Crippen molar-refractivity contribution in [2.24, 2.45) is 0 Å². The first-order valence-corrected chi connectivity index (χ1v) is 9.79. The van der Waals surface area contributed by atoms with Crippen LogP contribution in [0, 0.1) is 0 Å². The Hall–Kier alpha value is -3.02. The van der Waals surface area contributed by atoms with Gasteiger partial charge in [-0.05, 0) is 49.2 Å². The number of anilines is 1. The molecule has 0 radical (unpaired) electrons. The number of carbonyl (C=O) groups excluding carboxylic acids is 1. The van der Waals surface area contributed by atoms with Crippen molar-refractivity contribution in [2.75, 3.05) is 5.73 Å². The van der Waals surface area contributed by atoms with Crippen LogP contribution in [0.5, 0.6) is 0 Å². The summed E-state index contributed by atoms with van der Waals surface area (Å²) in [5.74, 6) is 0.580. The van der Waals surface area contributed by atoms with Gasteiger partial charge in [0, 0.05) is 18.0 Å².